The number of aromatic nitrogens is 1. The molecule has 0 saturated carbocycles. The molecule has 1 aromatic carbocycles. The van der Waals surface area contributed by atoms with Gasteiger partial charge in [0.05, 0.1) is 15.2 Å². The fourth-order valence-corrected chi connectivity index (χ4v) is 3.73. The summed E-state index contributed by atoms with van der Waals surface area (Å²) in [5.41, 5.74) is 0.837. The van der Waals surface area contributed by atoms with E-state index in [0.717, 1.165) is 16.6 Å². The Morgan fingerprint density at radius 2 is 2.25 bits per heavy atom. The van der Waals surface area contributed by atoms with Gasteiger partial charge in [-0.3, -0.25) is 4.79 Å². The molecule has 20 heavy (non-hydrogen) atoms. The third-order valence-electron chi connectivity index (χ3n) is 2.69. The second kappa shape index (κ2) is 6.57. The zero-order valence-corrected chi connectivity index (χ0v) is 13.4. The monoisotopic (exact) mass is 328 g/mol. The normalized spacial score (nSPS) is 12.1. The standard InChI is InChI=1S/C14H14Cl2N2OS/c1-3-5-12(19)17-14-18(6-4-2)13-10(16)7-9(15)8-11(13)20-14/h4,7-8H,2-3,5-6H2,1H3. The Bertz CT molecular complexity index is 731. The summed E-state index contributed by atoms with van der Waals surface area (Å²) in [5.74, 6) is -0.126. The maximum Gasteiger partial charge on any atom is 0.248 e. The number of hydrogen-bond donors (Lipinski definition) is 0. The van der Waals surface area contributed by atoms with Gasteiger partial charge in [-0.05, 0) is 18.6 Å². The van der Waals surface area contributed by atoms with E-state index >= 15 is 0 Å². The van der Waals surface area contributed by atoms with E-state index in [4.69, 9.17) is 23.2 Å². The van der Waals surface area contributed by atoms with Crippen molar-refractivity contribution >= 4 is 50.7 Å². The number of fused-ring (bicyclic) bond motifs is 1. The lowest BCUT2D eigenvalue weighted by Gasteiger charge is -2.03. The summed E-state index contributed by atoms with van der Waals surface area (Å²) in [4.78, 5) is 16.5. The van der Waals surface area contributed by atoms with Crippen LogP contribution in [0.1, 0.15) is 19.8 Å². The van der Waals surface area contributed by atoms with Gasteiger partial charge in [0.2, 0.25) is 5.91 Å². The number of allylic oxidation sites excluding steroid dienone is 1. The van der Waals surface area contributed by atoms with E-state index in [1.165, 1.54) is 11.3 Å². The number of nitrogens with zero attached hydrogens (tertiary/aromatic N) is 2. The first kappa shape index (κ1) is 15.3. The summed E-state index contributed by atoms with van der Waals surface area (Å²) < 4.78 is 2.80. The van der Waals surface area contributed by atoms with Crippen molar-refractivity contribution in [2.45, 2.75) is 26.3 Å². The highest BCUT2D eigenvalue weighted by atomic mass is 35.5. The highest BCUT2D eigenvalue weighted by Crippen LogP contribution is 2.29. The third kappa shape index (κ3) is 3.14. The molecule has 0 aliphatic rings. The fourth-order valence-electron chi connectivity index (χ4n) is 1.89. The second-order valence-electron chi connectivity index (χ2n) is 4.27. The van der Waals surface area contributed by atoms with E-state index in [9.17, 15) is 4.79 Å². The van der Waals surface area contributed by atoms with Crippen LogP contribution in [-0.4, -0.2) is 10.5 Å². The van der Waals surface area contributed by atoms with Crippen LogP contribution in [0.2, 0.25) is 10.0 Å². The first-order valence-electron chi connectivity index (χ1n) is 6.23. The lowest BCUT2D eigenvalue weighted by Crippen LogP contribution is -2.16. The number of halogens is 2. The minimum Gasteiger partial charge on any atom is -0.311 e. The van der Waals surface area contributed by atoms with Crippen LogP contribution in [0.15, 0.2) is 29.8 Å². The molecule has 0 N–H and O–H groups in total. The average Bonchev–Trinajstić information content (AvgIpc) is 2.68. The zero-order valence-electron chi connectivity index (χ0n) is 11.0. The highest BCUT2D eigenvalue weighted by molar-refractivity contribution is 7.16. The summed E-state index contributed by atoms with van der Waals surface area (Å²) in [7, 11) is 0. The molecule has 1 amide bonds. The number of rotatable bonds is 4. The van der Waals surface area contributed by atoms with Crippen LogP contribution in [0.4, 0.5) is 0 Å². The van der Waals surface area contributed by atoms with Crippen LogP contribution in [0, 0.1) is 0 Å². The quantitative estimate of drug-likeness (QED) is 0.765. The number of benzene rings is 1. The van der Waals surface area contributed by atoms with E-state index in [2.05, 4.69) is 11.6 Å². The van der Waals surface area contributed by atoms with Crippen molar-refractivity contribution in [3.8, 4) is 0 Å². The number of thiazole rings is 1. The summed E-state index contributed by atoms with van der Waals surface area (Å²) in [6.07, 6.45) is 2.97. The Labute approximate surface area is 131 Å². The zero-order chi connectivity index (χ0) is 14.7. The van der Waals surface area contributed by atoms with Gasteiger partial charge in [-0.15, -0.1) is 6.58 Å². The molecule has 1 aromatic heterocycles. The molecular weight excluding hydrogens is 315 g/mol. The minimum absolute atomic E-state index is 0.126. The van der Waals surface area contributed by atoms with Crippen LogP contribution in [0.25, 0.3) is 10.2 Å². The summed E-state index contributed by atoms with van der Waals surface area (Å²) in [6, 6.07) is 3.52. The third-order valence-corrected chi connectivity index (χ3v) is 4.22. The number of hydrogen-bond acceptors (Lipinski definition) is 2. The number of carbonyl (C=O) groups excluding carboxylic acids is 1. The van der Waals surface area contributed by atoms with E-state index < -0.39 is 0 Å². The van der Waals surface area contributed by atoms with Crippen LogP contribution in [0.3, 0.4) is 0 Å². The lowest BCUT2D eigenvalue weighted by molar-refractivity contribution is -0.118. The van der Waals surface area contributed by atoms with Crippen LogP contribution in [0.5, 0.6) is 0 Å². The van der Waals surface area contributed by atoms with Gasteiger partial charge in [0.25, 0.3) is 0 Å². The summed E-state index contributed by atoms with van der Waals surface area (Å²) in [5, 5.41) is 1.12. The SMILES string of the molecule is C=CCn1c(=NC(=O)CCC)sc2cc(Cl)cc(Cl)c21. The Kier molecular flexibility index (Phi) is 5.02. The van der Waals surface area contributed by atoms with Gasteiger partial charge < -0.3 is 4.57 Å². The maximum absolute atomic E-state index is 11.7. The fraction of sp³-hybridized carbons (Fsp3) is 0.286. The molecule has 0 bridgehead atoms. The Morgan fingerprint density at radius 3 is 2.90 bits per heavy atom. The molecule has 0 spiro atoms. The van der Waals surface area contributed by atoms with Gasteiger partial charge >= 0.3 is 0 Å². The molecule has 6 heteroatoms. The van der Waals surface area contributed by atoms with Gasteiger partial charge in [-0.25, -0.2) is 0 Å². The van der Waals surface area contributed by atoms with Gasteiger partial charge in [-0.2, -0.15) is 4.99 Å². The highest BCUT2D eigenvalue weighted by Gasteiger charge is 2.11. The largest absolute Gasteiger partial charge is 0.311 e. The predicted octanol–water partition coefficient (Wildman–Crippen LogP) is 4.42. The molecule has 1 heterocycles. The average molecular weight is 329 g/mol. The van der Waals surface area contributed by atoms with Gasteiger partial charge in [-0.1, -0.05) is 47.5 Å². The molecule has 106 valence electrons. The molecule has 0 aliphatic carbocycles. The summed E-state index contributed by atoms with van der Waals surface area (Å²) in [6.45, 7) is 6.23. The van der Waals surface area contributed by atoms with Crippen LogP contribution < -0.4 is 4.80 Å². The van der Waals surface area contributed by atoms with Crippen molar-refractivity contribution in [3.05, 3.63) is 39.6 Å². The smallest absolute Gasteiger partial charge is 0.248 e. The van der Waals surface area contributed by atoms with Crippen molar-refractivity contribution in [1.82, 2.24) is 4.57 Å². The number of amides is 1. The van der Waals surface area contributed by atoms with E-state index in [-0.39, 0.29) is 5.91 Å². The van der Waals surface area contributed by atoms with Crippen molar-refractivity contribution in [2.75, 3.05) is 0 Å². The molecule has 2 aromatic rings. The Morgan fingerprint density at radius 1 is 1.50 bits per heavy atom. The molecule has 0 fully saturated rings. The van der Waals surface area contributed by atoms with Gasteiger partial charge in [0.1, 0.15) is 0 Å². The van der Waals surface area contributed by atoms with Crippen LogP contribution in [-0.2, 0) is 11.3 Å². The molecule has 0 atom stereocenters. The first-order valence-corrected chi connectivity index (χ1v) is 7.81. The van der Waals surface area contributed by atoms with Crippen molar-refractivity contribution < 1.29 is 4.79 Å². The Hall–Kier alpha value is -1.10. The molecule has 3 nitrogen and oxygen atoms in total. The van der Waals surface area contributed by atoms with E-state index in [0.29, 0.717) is 27.8 Å². The predicted molar refractivity (Wildman–Crippen MR) is 85.5 cm³/mol. The molecule has 0 aliphatic heterocycles. The lowest BCUT2D eigenvalue weighted by atomic mass is 10.3. The topological polar surface area (TPSA) is 34.4 Å². The maximum atomic E-state index is 11.7. The molecule has 2 rings (SSSR count). The summed E-state index contributed by atoms with van der Waals surface area (Å²) >= 11 is 13.7. The Balaban J connectivity index is 2.71. The number of carbonyl (C=O) groups is 1. The van der Waals surface area contributed by atoms with E-state index in [1.807, 2.05) is 17.6 Å². The molecule has 0 radical (unpaired) electrons. The van der Waals surface area contributed by atoms with Crippen LogP contribution >= 0.6 is 34.5 Å². The first-order chi connectivity index (χ1) is 9.56. The molecule has 0 unspecified atom stereocenters. The molecular formula is C14H14Cl2N2OS. The minimum atomic E-state index is -0.126. The van der Waals surface area contributed by atoms with E-state index in [1.54, 1.807) is 12.1 Å². The molecule has 0 saturated heterocycles. The van der Waals surface area contributed by atoms with Crippen molar-refractivity contribution in [1.29, 1.82) is 0 Å². The van der Waals surface area contributed by atoms with Gasteiger partial charge in [0, 0.05) is 18.0 Å². The second-order valence-corrected chi connectivity index (χ2v) is 6.13. The van der Waals surface area contributed by atoms with Crippen molar-refractivity contribution in [3.63, 3.8) is 0 Å². The van der Waals surface area contributed by atoms with Gasteiger partial charge in [0.15, 0.2) is 4.80 Å². The van der Waals surface area contributed by atoms with Crippen molar-refractivity contribution in [2.24, 2.45) is 4.99 Å².